The van der Waals surface area contributed by atoms with Crippen molar-refractivity contribution < 1.29 is 8.91 Å². The van der Waals surface area contributed by atoms with E-state index < -0.39 is 0 Å². The number of rotatable bonds is 2. The van der Waals surface area contributed by atoms with Crippen LogP contribution in [0.1, 0.15) is 11.3 Å². The molecule has 0 aliphatic rings. The Labute approximate surface area is 86.7 Å². The predicted molar refractivity (Wildman–Crippen MR) is 54.5 cm³/mol. The van der Waals surface area contributed by atoms with Crippen molar-refractivity contribution in [2.24, 2.45) is 5.73 Å². The van der Waals surface area contributed by atoms with Crippen molar-refractivity contribution in [3.63, 3.8) is 0 Å². The van der Waals surface area contributed by atoms with Gasteiger partial charge in [0.15, 0.2) is 5.76 Å². The van der Waals surface area contributed by atoms with Crippen LogP contribution in [0.15, 0.2) is 28.8 Å². The molecule has 2 N–H and O–H groups in total. The van der Waals surface area contributed by atoms with Gasteiger partial charge in [0.05, 0.1) is 6.54 Å². The average Bonchev–Trinajstić information content (AvgIpc) is 2.70. The van der Waals surface area contributed by atoms with Crippen LogP contribution in [0, 0.1) is 12.7 Å². The third-order valence-electron chi connectivity index (χ3n) is 2.16. The van der Waals surface area contributed by atoms with E-state index in [1.54, 1.807) is 18.2 Å². The first-order chi connectivity index (χ1) is 7.20. The molecule has 2 rings (SSSR count). The van der Waals surface area contributed by atoms with Gasteiger partial charge in [0.25, 0.3) is 0 Å². The van der Waals surface area contributed by atoms with Gasteiger partial charge >= 0.3 is 0 Å². The van der Waals surface area contributed by atoms with Crippen molar-refractivity contribution in [3.05, 3.63) is 41.4 Å². The summed E-state index contributed by atoms with van der Waals surface area (Å²) in [6.45, 7) is 2.16. The van der Waals surface area contributed by atoms with E-state index >= 15 is 0 Å². The molecule has 1 aromatic heterocycles. The molecule has 0 aliphatic carbocycles. The zero-order chi connectivity index (χ0) is 10.8. The molecule has 0 spiro atoms. The van der Waals surface area contributed by atoms with Gasteiger partial charge in [0, 0.05) is 11.6 Å². The monoisotopic (exact) mass is 206 g/mol. The van der Waals surface area contributed by atoms with Gasteiger partial charge in [-0.3, -0.25) is 0 Å². The minimum atomic E-state index is -0.308. The lowest BCUT2D eigenvalue weighted by molar-refractivity contribution is 0.386. The summed E-state index contributed by atoms with van der Waals surface area (Å²) in [5, 5.41) is 3.76. The number of halogens is 1. The molecule has 1 aromatic carbocycles. The molecule has 0 atom stereocenters. The molecule has 0 amide bonds. The maximum atomic E-state index is 13.5. The van der Waals surface area contributed by atoms with Gasteiger partial charge in [-0.1, -0.05) is 16.8 Å². The number of hydrogen-bond acceptors (Lipinski definition) is 3. The molecular formula is C11H11FN2O. The zero-order valence-corrected chi connectivity index (χ0v) is 8.33. The van der Waals surface area contributed by atoms with E-state index in [2.05, 4.69) is 5.16 Å². The van der Waals surface area contributed by atoms with Gasteiger partial charge < -0.3 is 10.3 Å². The Kier molecular flexibility index (Phi) is 2.51. The van der Waals surface area contributed by atoms with Crippen molar-refractivity contribution in [2.45, 2.75) is 13.5 Å². The van der Waals surface area contributed by atoms with Crippen LogP contribution in [0.3, 0.4) is 0 Å². The van der Waals surface area contributed by atoms with E-state index in [1.165, 1.54) is 6.07 Å². The highest BCUT2D eigenvalue weighted by atomic mass is 19.1. The van der Waals surface area contributed by atoms with Crippen LogP contribution in [0.5, 0.6) is 0 Å². The fraction of sp³-hybridized carbons (Fsp3) is 0.182. The highest BCUT2D eigenvalue weighted by Crippen LogP contribution is 2.23. The van der Waals surface area contributed by atoms with E-state index in [0.717, 1.165) is 5.56 Å². The first kappa shape index (κ1) is 9.86. The number of nitrogens with two attached hydrogens (primary N) is 1. The first-order valence-corrected chi connectivity index (χ1v) is 4.63. The molecule has 4 heteroatoms. The van der Waals surface area contributed by atoms with Gasteiger partial charge in [-0.2, -0.15) is 0 Å². The summed E-state index contributed by atoms with van der Waals surface area (Å²) in [7, 11) is 0. The molecule has 0 saturated heterocycles. The maximum absolute atomic E-state index is 13.5. The van der Waals surface area contributed by atoms with E-state index in [4.69, 9.17) is 10.3 Å². The van der Waals surface area contributed by atoms with Gasteiger partial charge in [-0.05, 0) is 19.1 Å². The SMILES string of the molecule is Cc1ccc(F)c(-c2cc(CN)on2)c1. The third-order valence-corrected chi connectivity index (χ3v) is 2.16. The van der Waals surface area contributed by atoms with Crippen LogP contribution in [0.2, 0.25) is 0 Å². The molecule has 15 heavy (non-hydrogen) atoms. The normalized spacial score (nSPS) is 10.6. The van der Waals surface area contributed by atoms with E-state index in [9.17, 15) is 4.39 Å². The van der Waals surface area contributed by atoms with Gasteiger partial charge in [-0.15, -0.1) is 0 Å². The molecular weight excluding hydrogens is 195 g/mol. The molecule has 78 valence electrons. The lowest BCUT2D eigenvalue weighted by Crippen LogP contribution is -1.92. The second-order valence-electron chi connectivity index (χ2n) is 3.37. The summed E-state index contributed by atoms with van der Waals surface area (Å²) in [5.41, 5.74) is 7.28. The molecule has 0 fully saturated rings. The maximum Gasteiger partial charge on any atom is 0.150 e. The molecule has 1 heterocycles. The fourth-order valence-corrected chi connectivity index (χ4v) is 1.37. The quantitative estimate of drug-likeness (QED) is 0.819. The Morgan fingerprint density at radius 3 is 2.87 bits per heavy atom. The zero-order valence-electron chi connectivity index (χ0n) is 8.33. The number of nitrogens with zero attached hydrogens (tertiary/aromatic N) is 1. The largest absolute Gasteiger partial charge is 0.359 e. The van der Waals surface area contributed by atoms with Crippen LogP contribution >= 0.6 is 0 Å². The Hall–Kier alpha value is -1.68. The summed E-state index contributed by atoms with van der Waals surface area (Å²) in [6, 6.07) is 6.51. The van der Waals surface area contributed by atoms with Crippen molar-refractivity contribution >= 4 is 0 Å². The third kappa shape index (κ3) is 1.89. The average molecular weight is 206 g/mol. The minimum absolute atomic E-state index is 0.264. The lowest BCUT2D eigenvalue weighted by atomic mass is 10.1. The number of aryl methyl sites for hydroxylation is 1. The van der Waals surface area contributed by atoms with Crippen molar-refractivity contribution in [1.82, 2.24) is 5.16 Å². The van der Waals surface area contributed by atoms with Gasteiger partial charge in [0.1, 0.15) is 11.5 Å². The molecule has 0 bridgehead atoms. The smallest absolute Gasteiger partial charge is 0.150 e. The van der Waals surface area contributed by atoms with Crippen molar-refractivity contribution in [1.29, 1.82) is 0 Å². The number of hydrogen-bond donors (Lipinski definition) is 1. The van der Waals surface area contributed by atoms with E-state index in [0.29, 0.717) is 17.0 Å². The number of aromatic nitrogens is 1. The molecule has 0 aliphatic heterocycles. The summed E-state index contributed by atoms with van der Waals surface area (Å²) >= 11 is 0. The van der Waals surface area contributed by atoms with Crippen molar-refractivity contribution in [3.8, 4) is 11.3 Å². The Morgan fingerprint density at radius 2 is 2.20 bits per heavy atom. The highest BCUT2D eigenvalue weighted by Gasteiger charge is 2.10. The Morgan fingerprint density at radius 1 is 1.40 bits per heavy atom. The second kappa shape index (κ2) is 3.82. The molecule has 0 saturated carbocycles. The van der Waals surface area contributed by atoms with Gasteiger partial charge in [0.2, 0.25) is 0 Å². The minimum Gasteiger partial charge on any atom is -0.359 e. The van der Waals surface area contributed by atoms with Crippen LogP contribution in [0.25, 0.3) is 11.3 Å². The fourth-order valence-electron chi connectivity index (χ4n) is 1.37. The molecule has 2 aromatic rings. The predicted octanol–water partition coefficient (Wildman–Crippen LogP) is 2.25. The summed E-state index contributed by atoms with van der Waals surface area (Å²) in [4.78, 5) is 0. The number of benzene rings is 1. The Balaban J connectivity index is 2.48. The van der Waals surface area contributed by atoms with E-state index in [-0.39, 0.29) is 12.4 Å². The highest BCUT2D eigenvalue weighted by molar-refractivity contribution is 5.60. The van der Waals surface area contributed by atoms with Crippen LogP contribution in [-0.2, 0) is 6.54 Å². The van der Waals surface area contributed by atoms with Gasteiger partial charge in [-0.25, -0.2) is 4.39 Å². The summed E-state index contributed by atoms with van der Waals surface area (Å²) in [6.07, 6.45) is 0. The molecule has 0 unspecified atom stereocenters. The Bertz CT molecular complexity index is 479. The second-order valence-corrected chi connectivity index (χ2v) is 3.37. The molecule has 3 nitrogen and oxygen atoms in total. The standard InChI is InChI=1S/C11H11FN2O/c1-7-2-3-10(12)9(4-7)11-5-8(6-13)15-14-11/h2-5H,6,13H2,1H3. The van der Waals surface area contributed by atoms with Crippen molar-refractivity contribution in [2.75, 3.05) is 0 Å². The van der Waals surface area contributed by atoms with Crippen LogP contribution < -0.4 is 5.73 Å². The first-order valence-electron chi connectivity index (χ1n) is 4.63. The topological polar surface area (TPSA) is 52.0 Å². The van der Waals surface area contributed by atoms with Crippen LogP contribution in [0.4, 0.5) is 4.39 Å². The summed E-state index contributed by atoms with van der Waals surface area (Å²) < 4.78 is 18.4. The van der Waals surface area contributed by atoms with Crippen LogP contribution in [-0.4, -0.2) is 5.16 Å². The summed E-state index contributed by atoms with van der Waals surface area (Å²) in [5.74, 6) is 0.239. The lowest BCUT2D eigenvalue weighted by Gasteiger charge is -1.99. The molecule has 0 radical (unpaired) electrons. The van der Waals surface area contributed by atoms with E-state index in [1.807, 2.05) is 6.92 Å².